The summed E-state index contributed by atoms with van der Waals surface area (Å²) in [6, 6.07) is 0. The monoisotopic (exact) mass is 228 g/mol. The molecule has 0 heterocycles. The molecule has 0 fully saturated rings. The standard InChI is InChI=1S/Al.Ca.H3O4P.Zn.2H/c;;1-5(2,3)4;;;/h;;(H3,1,2,3,4);;;/q+3;+2;;;2*-1/p-3. The molecule has 0 aliphatic carbocycles. The van der Waals surface area contributed by atoms with Crippen molar-refractivity contribution in [2.24, 2.45) is 0 Å². The second-order valence-corrected chi connectivity index (χ2v) is 1.34. The van der Waals surface area contributed by atoms with E-state index in [-0.39, 0.29) is 77.4 Å². The smallest absolute Gasteiger partial charge is 1.00 e. The Bertz CT molecular complexity index is 69.4. The van der Waals surface area contributed by atoms with Gasteiger partial charge < -0.3 is 22.1 Å². The molecule has 38 valence electrons. The summed E-state index contributed by atoms with van der Waals surface area (Å²) in [5, 5.41) is 0. The predicted molar refractivity (Wildman–Crippen MR) is 21.3 cm³/mol. The van der Waals surface area contributed by atoms with E-state index in [1.54, 1.807) is 0 Å². The van der Waals surface area contributed by atoms with E-state index in [1.807, 2.05) is 0 Å². The topological polar surface area (TPSA) is 86.2 Å². The van der Waals surface area contributed by atoms with Gasteiger partial charge in [0, 0.05) is 19.5 Å². The first-order valence-corrected chi connectivity index (χ1v) is 2.19. The van der Waals surface area contributed by atoms with Gasteiger partial charge in [-0.05, 0) is 0 Å². The van der Waals surface area contributed by atoms with E-state index in [0.29, 0.717) is 0 Å². The molecule has 0 saturated carbocycles. The fourth-order valence-corrected chi connectivity index (χ4v) is 0. The number of hydrogen-bond donors (Lipinski definition) is 0. The molecular formula is H2AlCaO4PZn. The zero-order valence-corrected chi connectivity index (χ0v) is 11.3. The summed E-state index contributed by atoms with van der Waals surface area (Å²) in [5.74, 6) is 0. The van der Waals surface area contributed by atoms with Crippen LogP contribution in [0.5, 0.6) is 0 Å². The van der Waals surface area contributed by atoms with Gasteiger partial charge in [-0.15, -0.1) is 0 Å². The van der Waals surface area contributed by atoms with E-state index in [0.717, 1.165) is 0 Å². The molecule has 0 atom stereocenters. The molecule has 0 N–H and O–H groups in total. The van der Waals surface area contributed by atoms with Gasteiger partial charge in [0.15, 0.2) is 0 Å². The summed E-state index contributed by atoms with van der Waals surface area (Å²) in [6.07, 6.45) is 0. The van der Waals surface area contributed by atoms with Crippen LogP contribution >= 0.6 is 7.82 Å². The van der Waals surface area contributed by atoms with Crippen LogP contribution in [0.3, 0.4) is 0 Å². The first kappa shape index (κ1) is 22.4. The molecule has 0 spiro atoms. The van der Waals surface area contributed by atoms with Crippen LogP contribution in [-0.2, 0) is 24.0 Å². The van der Waals surface area contributed by atoms with Crippen molar-refractivity contribution >= 4 is 62.9 Å². The SMILES string of the molecule is O=P([O-])([O-])[O-].[Al+3].[Ca+2].[H-].[H-].[Zn]. The van der Waals surface area contributed by atoms with Crippen molar-refractivity contribution in [3.8, 4) is 0 Å². The molecule has 0 saturated heterocycles. The van der Waals surface area contributed by atoms with Gasteiger partial charge in [0.05, 0.1) is 0 Å². The van der Waals surface area contributed by atoms with Gasteiger partial charge in [0.25, 0.3) is 0 Å². The summed E-state index contributed by atoms with van der Waals surface area (Å²) in [4.78, 5) is 25.6. The molecule has 0 rings (SSSR count). The van der Waals surface area contributed by atoms with Gasteiger partial charge in [-0.3, -0.25) is 0 Å². The minimum atomic E-state index is -5.39. The zero-order chi connectivity index (χ0) is 4.50. The van der Waals surface area contributed by atoms with Gasteiger partial charge >= 0.3 is 55.1 Å². The van der Waals surface area contributed by atoms with Gasteiger partial charge in [0.1, 0.15) is 0 Å². The van der Waals surface area contributed by atoms with Crippen LogP contribution in [0.25, 0.3) is 0 Å². The van der Waals surface area contributed by atoms with Gasteiger partial charge in [-0.1, -0.05) is 0 Å². The van der Waals surface area contributed by atoms with E-state index in [4.69, 9.17) is 19.2 Å². The van der Waals surface area contributed by atoms with E-state index in [1.165, 1.54) is 0 Å². The predicted octanol–water partition coefficient (Wildman–Crippen LogP) is -3.36. The quantitative estimate of drug-likeness (QED) is 0.321. The third kappa shape index (κ3) is 75.7. The molecule has 0 unspecified atom stereocenters. The van der Waals surface area contributed by atoms with Crippen molar-refractivity contribution in [2.45, 2.75) is 0 Å². The summed E-state index contributed by atoms with van der Waals surface area (Å²) < 4.78 is 8.55. The summed E-state index contributed by atoms with van der Waals surface area (Å²) in [6.45, 7) is 0. The van der Waals surface area contributed by atoms with Crippen LogP contribution in [0.15, 0.2) is 0 Å². The number of phosphoric acid groups is 1. The third-order valence-corrected chi connectivity index (χ3v) is 0. The Kier molecular flexibility index (Phi) is 26.7. The van der Waals surface area contributed by atoms with E-state index in [9.17, 15) is 0 Å². The Labute approximate surface area is 103 Å². The van der Waals surface area contributed by atoms with Crippen LogP contribution in [0.4, 0.5) is 0 Å². The molecule has 0 aromatic rings. The van der Waals surface area contributed by atoms with Crippen molar-refractivity contribution < 1.29 is 41.6 Å². The van der Waals surface area contributed by atoms with Crippen LogP contribution in [-0.4, -0.2) is 55.1 Å². The van der Waals surface area contributed by atoms with E-state index >= 15 is 0 Å². The molecule has 4 nitrogen and oxygen atoms in total. The molecule has 0 bridgehead atoms. The maximum absolute atomic E-state index is 8.55. The van der Waals surface area contributed by atoms with Crippen LogP contribution in [0.1, 0.15) is 2.85 Å². The first-order chi connectivity index (χ1) is 2.00. The van der Waals surface area contributed by atoms with Crippen LogP contribution in [0, 0.1) is 0 Å². The van der Waals surface area contributed by atoms with E-state index in [2.05, 4.69) is 0 Å². The van der Waals surface area contributed by atoms with Gasteiger partial charge in [-0.2, -0.15) is 7.82 Å². The molecule has 0 aliphatic heterocycles. The maximum atomic E-state index is 8.55. The van der Waals surface area contributed by atoms with Crippen molar-refractivity contribution in [1.29, 1.82) is 0 Å². The Morgan fingerprint density at radius 3 is 1.25 bits per heavy atom. The van der Waals surface area contributed by atoms with Crippen LogP contribution in [0.2, 0.25) is 0 Å². The van der Waals surface area contributed by atoms with Crippen molar-refractivity contribution in [1.82, 2.24) is 0 Å². The minimum Gasteiger partial charge on any atom is -1.00 e. The normalized spacial score (nSPS) is 7.38. The maximum Gasteiger partial charge on any atom is 3.00 e. The average Bonchev–Trinajstić information content (AvgIpc) is 0.722. The molecule has 0 aromatic carbocycles. The fourth-order valence-electron chi connectivity index (χ4n) is 0. The second kappa shape index (κ2) is 9.53. The Balaban J connectivity index is -0.00000000800. The number of rotatable bonds is 0. The third-order valence-electron chi connectivity index (χ3n) is 0. The Morgan fingerprint density at radius 1 is 1.25 bits per heavy atom. The molecule has 0 amide bonds. The Morgan fingerprint density at radius 2 is 1.25 bits per heavy atom. The summed E-state index contributed by atoms with van der Waals surface area (Å²) >= 11 is 0. The van der Waals surface area contributed by atoms with Crippen LogP contribution < -0.4 is 14.7 Å². The van der Waals surface area contributed by atoms with Crippen molar-refractivity contribution in [3.05, 3.63) is 0 Å². The van der Waals surface area contributed by atoms with E-state index < -0.39 is 7.82 Å². The second-order valence-electron chi connectivity index (χ2n) is 0.447. The van der Waals surface area contributed by atoms with Gasteiger partial charge in [0.2, 0.25) is 0 Å². The number of hydrogen-bond acceptors (Lipinski definition) is 4. The average molecular weight is 229 g/mol. The molecule has 0 radical (unpaired) electrons. The van der Waals surface area contributed by atoms with Crippen molar-refractivity contribution in [2.75, 3.05) is 0 Å². The molecule has 8 heavy (non-hydrogen) atoms. The van der Waals surface area contributed by atoms with Crippen molar-refractivity contribution in [3.63, 3.8) is 0 Å². The molecule has 8 heteroatoms. The van der Waals surface area contributed by atoms with Gasteiger partial charge in [-0.25, -0.2) is 0 Å². The molecular weight excluding hydrogens is 227 g/mol. The molecule has 0 aliphatic rings. The largest absolute Gasteiger partial charge is 3.00 e. The Hall–Kier alpha value is 2.53. The summed E-state index contributed by atoms with van der Waals surface area (Å²) in [7, 11) is -5.39. The summed E-state index contributed by atoms with van der Waals surface area (Å²) in [5.41, 5.74) is 0. The minimum absolute atomic E-state index is 0. The zero-order valence-electron chi connectivity index (χ0n) is 6.07. The molecule has 0 aromatic heterocycles. The first-order valence-electron chi connectivity index (χ1n) is 0.730. The fraction of sp³-hybridized carbons (Fsp3) is 0.